The smallest absolute Gasteiger partial charge is 0.257 e. The number of carbonyl (C=O) groups excluding carboxylic acids is 1. The standard InChI is InChI=1S/C19H27N5O/c1-15-17(14-21-24(15)18-9-4-6-11-20-18)19(25)23(3)13-10-16-8-5-7-12-22(16)2/h4,6,9,11,14,16H,5,7-8,10,12-13H2,1-3H3/t16-/m0/s1. The van der Waals surface area contributed by atoms with Crippen LogP contribution in [0.25, 0.3) is 5.82 Å². The molecule has 0 bridgehead atoms. The predicted octanol–water partition coefficient (Wildman–Crippen LogP) is 2.52. The van der Waals surface area contributed by atoms with Gasteiger partial charge in [0, 0.05) is 25.8 Å². The normalized spacial score (nSPS) is 18.3. The lowest BCUT2D eigenvalue weighted by molar-refractivity contribution is 0.0770. The zero-order chi connectivity index (χ0) is 17.8. The van der Waals surface area contributed by atoms with Crippen molar-refractivity contribution in [3.63, 3.8) is 0 Å². The summed E-state index contributed by atoms with van der Waals surface area (Å²) in [6.45, 7) is 3.85. The van der Waals surface area contributed by atoms with E-state index in [1.165, 1.54) is 19.3 Å². The molecule has 1 fully saturated rings. The molecular formula is C19H27N5O. The molecule has 0 unspecified atom stereocenters. The van der Waals surface area contributed by atoms with Gasteiger partial charge in [0.25, 0.3) is 5.91 Å². The molecule has 1 amide bonds. The Hall–Kier alpha value is -2.21. The lowest BCUT2D eigenvalue weighted by atomic mass is 10.00. The van der Waals surface area contributed by atoms with Gasteiger partial charge in [0.2, 0.25) is 0 Å². The fraction of sp³-hybridized carbons (Fsp3) is 0.526. The fourth-order valence-electron chi connectivity index (χ4n) is 3.49. The van der Waals surface area contributed by atoms with Gasteiger partial charge in [0.05, 0.1) is 17.5 Å². The van der Waals surface area contributed by atoms with E-state index >= 15 is 0 Å². The van der Waals surface area contributed by atoms with Gasteiger partial charge in [-0.2, -0.15) is 5.10 Å². The average Bonchev–Trinajstić information content (AvgIpc) is 3.02. The highest BCUT2D eigenvalue weighted by Gasteiger charge is 2.22. The number of nitrogens with zero attached hydrogens (tertiary/aromatic N) is 5. The summed E-state index contributed by atoms with van der Waals surface area (Å²) in [5.74, 6) is 0.753. The van der Waals surface area contributed by atoms with Crippen molar-refractivity contribution in [2.45, 2.75) is 38.6 Å². The van der Waals surface area contributed by atoms with Crippen LogP contribution in [0.1, 0.15) is 41.7 Å². The van der Waals surface area contributed by atoms with Crippen LogP contribution in [0, 0.1) is 6.92 Å². The van der Waals surface area contributed by atoms with E-state index in [9.17, 15) is 4.79 Å². The molecule has 3 heterocycles. The van der Waals surface area contributed by atoms with Crippen LogP contribution in [0.15, 0.2) is 30.6 Å². The minimum absolute atomic E-state index is 0.0261. The predicted molar refractivity (Wildman–Crippen MR) is 97.9 cm³/mol. The second-order valence-electron chi connectivity index (χ2n) is 6.89. The molecule has 0 saturated carbocycles. The largest absolute Gasteiger partial charge is 0.342 e. The van der Waals surface area contributed by atoms with E-state index in [4.69, 9.17) is 0 Å². The Labute approximate surface area is 149 Å². The van der Waals surface area contributed by atoms with Crippen molar-refractivity contribution in [2.24, 2.45) is 0 Å². The van der Waals surface area contributed by atoms with Crippen LogP contribution in [0.3, 0.4) is 0 Å². The molecule has 2 aromatic heterocycles. The topological polar surface area (TPSA) is 54.3 Å². The number of likely N-dealkylation sites (tertiary alicyclic amines) is 1. The molecule has 3 rings (SSSR count). The van der Waals surface area contributed by atoms with E-state index in [0.29, 0.717) is 11.6 Å². The number of rotatable bonds is 5. The number of amides is 1. The zero-order valence-electron chi connectivity index (χ0n) is 15.4. The lowest BCUT2D eigenvalue weighted by Gasteiger charge is -2.33. The minimum atomic E-state index is 0.0261. The SMILES string of the molecule is Cc1c(C(=O)N(C)CC[C@@H]2CCCCN2C)cnn1-c1ccccn1. The maximum atomic E-state index is 12.8. The number of aromatic nitrogens is 3. The molecule has 0 aliphatic carbocycles. The average molecular weight is 341 g/mol. The third kappa shape index (κ3) is 3.90. The molecule has 1 aliphatic rings. The van der Waals surface area contributed by atoms with Gasteiger partial charge in [-0.25, -0.2) is 9.67 Å². The van der Waals surface area contributed by atoms with Crippen molar-refractivity contribution in [3.05, 3.63) is 41.9 Å². The molecule has 2 aromatic rings. The number of piperidine rings is 1. The van der Waals surface area contributed by atoms with Gasteiger partial charge in [0.15, 0.2) is 5.82 Å². The summed E-state index contributed by atoms with van der Waals surface area (Å²) in [4.78, 5) is 21.3. The number of pyridine rings is 1. The third-order valence-corrected chi connectivity index (χ3v) is 5.17. The summed E-state index contributed by atoms with van der Waals surface area (Å²) in [5.41, 5.74) is 1.47. The summed E-state index contributed by atoms with van der Waals surface area (Å²) in [7, 11) is 4.06. The first-order chi connectivity index (χ1) is 12.1. The van der Waals surface area contributed by atoms with E-state index < -0.39 is 0 Å². The number of carbonyl (C=O) groups is 1. The highest BCUT2D eigenvalue weighted by atomic mass is 16.2. The van der Waals surface area contributed by atoms with Crippen LogP contribution < -0.4 is 0 Å². The van der Waals surface area contributed by atoms with Crippen molar-refractivity contribution in [1.29, 1.82) is 0 Å². The molecule has 134 valence electrons. The molecule has 1 saturated heterocycles. The van der Waals surface area contributed by atoms with Crippen LogP contribution in [0.5, 0.6) is 0 Å². The molecule has 6 heteroatoms. The van der Waals surface area contributed by atoms with Gasteiger partial charge < -0.3 is 9.80 Å². The molecule has 0 radical (unpaired) electrons. The first kappa shape index (κ1) is 17.6. The monoisotopic (exact) mass is 341 g/mol. The van der Waals surface area contributed by atoms with Gasteiger partial charge in [-0.15, -0.1) is 0 Å². The van der Waals surface area contributed by atoms with Crippen molar-refractivity contribution in [3.8, 4) is 5.82 Å². The highest BCUT2D eigenvalue weighted by Crippen LogP contribution is 2.19. The molecule has 6 nitrogen and oxygen atoms in total. The molecule has 1 aliphatic heterocycles. The first-order valence-corrected chi connectivity index (χ1v) is 8.99. The second-order valence-corrected chi connectivity index (χ2v) is 6.89. The molecule has 0 N–H and O–H groups in total. The van der Waals surface area contributed by atoms with E-state index in [2.05, 4.69) is 22.0 Å². The van der Waals surface area contributed by atoms with Crippen LogP contribution in [0.2, 0.25) is 0 Å². The molecule has 0 spiro atoms. The van der Waals surface area contributed by atoms with Crippen molar-refractivity contribution in [1.82, 2.24) is 24.6 Å². The van der Waals surface area contributed by atoms with Gasteiger partial charge in [-0.05, 0) is 51.9 Å². The van der Waals surface area contributed by atoms with E-state index in [1.807, 2.05) is 37.1 Å². The number of hydrogen-bond acceptors (Lipinski definition) is 4. The minimum Gasteiger partial charge on any atom is -0.342 e. The van der Waals surface area contributed by atoms with Crippen LogP contribution >= 0.6 is 0 Å². The first-order valence-electron chi connectivity index (χ1n) is 8.99. The Morgan fingerprint density at radius 3 is 2.92 bits per heavy atom. The van der Waals surface area contributed by atoms with E-state index in [-0.39, 0.29) is 5.91 Å². The zero-order valence-corrected chi connectivity index (χ0v) is 15.4. The van der Waals surface area contributed by atoms with Crippen molar-refractivity contribution < 1.29 is 4.79 Å². The Kier molecular flexibility index (Phi) is 5.48. The Morgan fingerprint density at radius 1 is 1.36 bits per heavy atom. The summed E-state index contributed by atoms with van der Waals surface area (Å²) in [5, 5.41) is 4.35. The van der Waals surface area contributed by atoms with Crippen molar-refractivity contribution >= 4 is 5.91 Å². The summed E-state index contributed by atoms with van der Waals surface area (Å²) >= 11 is 0. The van der Waals surface area contributed by atoms with E-state index in [0.717, 1.165) is 31.0 Å². The highest BCUT2D eigenvalue weighted by molar-refractivity contribution is 5.95. The quantitative estimate of drug-likeness (QED) is 0.838. The summed E-state index contributed by atoms with van der Waals surface area (Å²) < 4.78 is 1.72. The summed E-state index contributed by atoms with van der Waals surface area (Å²) in [6.07, 6.45) is 8.21. The van der Waals surface area contributed by atoms with E-state index in [1.54, 1.807) is 17.1 Å². The van der Waals surface area contributed by atoms with Crippen molar-refractivity contribution in [2.75, 3.05) is 27.2 Å². The number of hydrogen-bond donors (Lipinski definition) is 0. The van der Waals surface area contributed by atoms with Crippen LogP contribution in [0.4, 0.5) is 0 Å². The van der Waals surface area contributed by atoms with Gasteiger partial charge in [-0.1, -0.05) is 12.5 Å². The maximum Gasteiger partial charge on any atom is 0.257 e. The van der Waals surface area contributed by atoms with Crippen LogP contribution in [-0.2, 0) is 0 Å². The summed E-state index contributed by atoms with van der Waals surface area (Å²) in [6, 6.07) is 6.25. The van der Waals surface area contributed by atoms with Crippen LogP contribution in [-0.4, -0.2) is 63.7 Å². The van der Waals surface area contributed by atoms with Gasteiger partial charge >= 0.3 is 0 Å². The third-order valence-electron chi connectivity index (χ3n) is 5.17. The molecular weight excluding hydrogens is 314 g/mol. The molecule has 1 atom stereocenters. The lowest BCUT2D eigenvalue weighted by Crippen LogP contribution is -2.39. The van der Waals surface area contributed by atoms with Gasteiger partial charge in [-0.3, -0.25) is 4.79 Å². The van der Waals surface area contributed by atoms with Gasteiger partial charge in [0.1, 0.15) is 0 Å². The Balaban J connectivity index is 1.65. The molecule has 0 aromatic carbocycles. The maximum absolute atomic E-state index is 12.8. The second kappa shape index (κ2) is 7.78. The Morgan fingerprint density at radius 2 is 2.20 bits per heavy atom. The Bertz CT molecular complexity index is 712. The molecule has 25 heavy (non-hydrogen) atoms. The fourth-order valence-corrected chi connectivity index (χ4v) is 3.49.